The molecule has 0 saturated carbocycles. The van der Waals surface area contributed by atoms with Gasteiger partial charge in [0.1, 0.15) is 10.5 Å². The molecular weight excluding hydrogens is 370 g/mol. The summed E-state index contributed by atoms with van der Waals surface area (Å²) in [6.07, 6.45) is 0. The number of hydrogen-bond donors (Lipinski definition) is 3. The molecule has 9 heteroatoms. The second-order valence-corrected chi connectivity index (χ2v) is 7.74. The molecule has 0 aliphatic rings. The maximum Gasteiger partial charge on any atom is 0.341 e. The monoisotopic (exact) mass is 393 g/mol. The van der Waals surface area contributed by atoms with Gasteiger partial charge in [0.25, 0.3) is 0 Å². The summed E-state index contributed by atoms with van der Waals surface area (Å²) in [5, 5.41) is 2.61. The Balaban J connectivity index is 2.16. The molecule has 27 heavy (non-hydrogen) atoms. The maximum atomic E-state index is 12.7. The lowest BCUT2D eigenvalue weighted by molar-refractivity contribution is -0.115. The average Bonchev–Trinajstić information content (AvgIpc) is 2.90. The molecule has 3 N–H and O–H groups in total. The highest BCUT2D eigenvalue weighted by Crippen LogP contribution is 2.24. The standard InChI is InChI=1S/C18H23N3O5S/c1-5-26-18(23)16-12(3)20-13(4)17(16)27(24,25)19-10-15(22)21-14-8-6-11(2)7-9-14/h6-9,19-20H,5,10H2,1-4H3,(H,21,22). The lowest BCUT2D eigenvalue weighted by atomic mass is 10.2. The number of aromatic amines is 1. The van der Waals surface area contributed by atoms with Crippen LogP contribution in [0, 0.1) is 20.8 Å². The number of aryl methyl sites for hydroxylation is 3. The molecular formula is C18H23N3O5S. The number of hydrogen-bond acceptors (Lipinski definition) is 5. The van der Waals surface area contributed by atoms with Gasteiger partial charge >= 0.3 is 5.97 Å². The van der Waals surface area contributed by atoms with Crippen molar-refractivity contribution in [1.82, 2.24) is 9.71 Å². The molecule has 0 bridgehead atoms. The van der Waals surface area contributed by atoms with Crippen LogP contribution in [0.15, 0.2) is 29.2 Å². The smallest absolute Gasteiger partial charge is 0.341 e. The van der Waals surface area contributed by atoms with E-state index in [2.05, 4.69) is 15.0 Å². The summed E-state index contributed by atoms with van der Waals surface area (Å²) >= 11 is 0. The molecule has 0 fully saturated rings. The molecule has 0 atom stereocenters. The third kappa shape index (κ3) is 4.95. The summed E-state index contributed by atoms with van der Waals surface area (Å²) in [5.74, 6) is -1.26. The van der Waals surface area contributed by atoms with Gasteiger partial charge in [-0.25, -0.2) is 17.9 Å². The van der Waals surface area contributed by atoms with Crippen molar-refractivity contribution in [3.8, 4) is 0 Å². The van der Waals surface area contributed by atoms with E-state index in [1.807, 2.05) is 19.1 Å². The third-order valence-corrected chi connectivity index (χ3v) is 5.40. The molecule has 0 unspecified atom stereocenters. The van der Waals surface area contributed by atoms with E-state index in [1.54, 1.807) is 26.0 Å². The second kappa shape index (κ2) is 8.36. The van der Waals surface area contributed by atoms with Crippen LogP contribution in [0.2, 0.25) is 0 Å². The minimum absolute atomic E-state index is 0.0548. The zero-order valence-electron chi connectivity index (χ0n) is 15.7. The molecule has 2 rings (SSSR count). The first-order chi connectivity index (χ1) is 12.7. The Morgan fingerprint density at radius 2 is 1.70 bits per heavy atom. The van der Waals surface area contributed by atoms with E-state index in [4.69, 9.17) is 4.74 Å². The van der Waals surface area contributed by atoms with Crippen molar-refractivity contribution in [2.75, 3.05) is 18.5 Å². The van der Waals surface area contributed by atoms with Crippen molar-refractivity contribution < 1.29 is 22.7 Å². The highest BCUT2D eigenvalue weighted by molar-refractivity contribution is 7.89. The molecule has 146 valence electrons. The number of aromatic nitrogens is 1. The van der Waals surface area contributed by atoms with Crippen LogP contribution in [0.5, 0.6) is 0 Å². The van der Waals surface area contributed by atoms with Crippen LogP contribution >= 0.6 is 0 Å². The molecule has 1 heterocycles. The lowest BCUT2D eigenvalue weighted by Crippen LogP contribution is -2.33. The van der Waals surface area contributed by atoms with Crippen LogP contribution in [-0.2, 0) is 19.6 Å². The molecule has 0 aliphatic heterocycles. The number of anilines is 1. The first-order valence-electron chi connectivity index (χ1n) is 8.38. The van der Waals surface area contributed by atoms with E-state index >= 15 is 0 Å². The van der Waals surface area contributed by atoms with Crippen molar-refractivity contribution in [2.24, 2.45) is 0 Å². The average molecular weight is 393 g/mol. The first kappa shape index (κ1) is 20.7. The summed E-state index contributed by atoms with van der Waals surface area (Å²) < 4.78 is 32.5. The van der Waals surface area contributed by atoms with Gasteiger partial charge in [0.05, 0.1) is 13.2 Å². The zero-order chi connectivity index (χ0) is 20.2. The van der Waals surface area contributed by atoms with Crippen molar-refractivity contribution in [3.05, 3.63) is 46.8 Å². The largest absolute Gasteiger partial charge is 0.462 e. The number of rotatable bonds is 7. The van der Waals surface area contributed by atoms with Gasteiger partial charge in [-0.3, -0.25) is 4.79 Å². The van der Waals surface area contributed by atoms with E-state index in [0.29, 0.717) is 17.1 Å². The van der Waals surface area contributed by atoms with E-state index in [1.165, 1.54) is 6.92 Å². The summed E-state index contributed by atoms with van der Waals surface area (Å²) in [6, 6.07) is 7.11. The van der Waals surface area contributed by atoms with Crippen LogP contribution in [0.4, 0.5) is 5.69 Å². The van der Waals surface area contributed by atoms with E-state index in [9.17, 15) is 18.0 Å². The molecule has 0 saturated heterocycles. The van der Waals surface area contributed by atoms with Gasteiger partial charge in [0, 0.05) is 17.1 Å². The van der Waals surface area contributed by atoms with Gasteiger partial charge < -0.3 is 15.0 Å². The van der Waals surface area contributed by atoms with Crippen LogP contribution in [-0.4, -0.2) is 38.4 Å². The van der Waals surface area contributed by atoms with E-state index < -0.39 is 28.4 Å². The Bertz CT molecular complexity index is 946. The van der Waals surface area contributed by atoms with Gasteiger partial charge in [0.15, 0.2) is 0 Å². The van der Waals surface area contributed by atoms with E-state index in [-0.39, 0.29) is 17.1 Å². The SMILES string of the molecule is CCOC(=O)c1c(C)[nH]c(C)c1S(=O)(=O)NCC(=O)Nc1ccc(C)cc1. The predicted octanol–water partition coefficient (Wildman–Crippen LogP) is 2.03. The number of H-pyrrole nitrogens is 1. The molecule has 0 spiro atoms. The number of nitrogens with one attached hydrogen (secondary N) is 3. The fourth-order valence-corrected chi connectivity index (χ4v) is 4.04. The normalized spacial score (nSPS) is 11.3. The zero-order valence-corrected chi connectivity index (χ0v) is 16.5. The summed E-state index contributed by atoms with van der Waals surface area (Å²) in [5.41, 5.74) is 2.22. The number of sulfonamides is 1. The highest BCUT2D eigenvalue weighted by atomic mass is 32.2. The number of amides is 1. The van der Waals surface area contributed by atoms with Gasteiger partial charge in [0.2, 0.25) is 15.9 Å². The fourth-order valence-electron chi connectivity index (χ4n) is 2.62. The van der Waals surface area contributed by atoms with Crippen molar-refractivity contribution in [3.63, 3.8) is 0 Å². The van der Waals surface area contributed by atoms with Crippen molar-refractivity contribution >= 4 is 27.6 Å². The molecule has 0 aliphatic carbocycles. The number of carbonyl (C=O) groups is 2. The lowest BCUT2D eigenvalue weighted by Gasteiger charge is -2.10. The Kier molecular flexibility index (Phi) is 6.40. The molecule has 1 aromatic carbocycles. The molecule has 8 nitrogen and oxygen atoms in total. The highest BCUT2D eigenvalue weighted by Gasteiger charge is 2.30. The number of esters is 1. The summed E-state index contributed by atoms with van der Waals surface area (Å²) in [6.45, 7) is 6.33. The molecule has 1 aromatic heterocycles. The summed E-state index contributed by atoms with van der Waals surface area (Å²) in [7, 11) is -4.10. The van der Waals surface area contributed by atoms with Gasteiger partial charge in [-0.05, 0) is 39.8 Å². The Labute approximate surface area is 158 Å². The van der Waals surface area contributed by atoms with E-state index in [0.717, 1.165) is 5.56 Å². The number of benzene rings is 1. The predicted molar refractivity (Wildman–Crippen MR) is 101 cm³/mol. The van der Waals surface area contributed by atoms with Crippen LogP contribution < -0.4 is 10.0 Å². The van der Waals surface area contributed by atoms with Crippen LogP contribution in [0.3, 0.4) is 0 Å². The Morgan fingerprint density at radius 1 is 1.07 bits per heavy atom. The van der Waals surface area contributed by atoms with Crippen LogP contribution in [0.25, 0.3) is 0 Å². The number of ether oxygens (including phenoxy) is 1. The maximum absolute atomic E-state index is 12.7. The minimum Gasteiger partial charge on any atom is -0.462 e. The van der Waals surface area contributed by atoms with Crippen LogP contribution in [0.1, 0.15) is 34.2 Å². The topological polar surface area (TPSA) is 117 Å². The molecule has 0 radical (unpaired) electrons. The Hall–Kier alpha value is -2.65. The quantitative estimate of drug-likeness (QED) is 0.622. The fraction of sp³-hybridized carbons (Fsp3) is 0.333. The van der Waals surface area contributed by atoms with Crippen molar-refractivity contribution in [1.29, 1.82) is 0 Å². The summed E-state index contributed by atoms with van der Waals surface area (Å²) in [4.78, 5) is 26.8. The third-order valence-electron chi connectivity index (χ3n) is 3.82. The first-order valence-corrected chi connectivity index (χ1v) is 9.86. The number of carbonyl (C=O) groups excluding carboxylic acids is 2. The molecule has 1 amide bonds. The van der Waals surface area contributed by atoms with Gasteiger partial charge in [-0.2, -0.15) is 0 Å². The van der Waals surface area contributed by atoms with Gasteiger partial charge in [-0.1, -0.05) is 17.7 Å². The Morgan fingerprint density at radius 3 is 2.30 bits per heavy atom. The van der Waals surface area contributed by atoms with Gasteiger partial charge in [-0.15, -0.1) is 0 Å². The minimum atomic E-state index is -4.10. The van der Waals surface area contributed by atoms with Crippen molar-refractivity contribution in [2.45, 2.75) is 32.6 Å². The molecule has 2 aromatic rings. The second-order valence-electron chi connectivity index (χ2n) is 6.04.